The molecule has 9 heteroatoms. The van der Waals surface area contributed by atoms with E-state index in [1.807, 2.05) is 54.7 Å². The summed E-state index contributed by atoms with van der Waals surface area (Å²) in [5.41, 5.74) is 1.46. The fourth-order valence-corrected chi connectivity index (χ4v) is 9.12. The fraction of sp³-hybridized carbons (Fsp3) is 0.514. The van der Waals surface area contributed by atoms with E-state index in [1.54, 1.807) is 11.8 Å². The average molecular weight is 618 g/mol. The number of nitrogens with one attached hydrogen (secondary N) is 2. The van der Waals surface area contributed by atoms with Crippen LogP contribution in [0.15, 0.2) is 54.7 Å². The minimum absolute atomic E-state index is 0.0855. The van der Waals surface area contributed by atoms with E-state index in [1.165, 1.54) is 13.5 Å². The molecular weight excluding hydrogens is 578 g/mol. The highest BCUT2D eigenvalue weighted by atomic mass is 35.5. The summed E-state index contributed by atoms with van der Waals surface area (Å²) in [7, 11) is 1.34. The van der Waals surface area contributed by atoms with Crippen LogP contribution in [0, 0.1) is 23.7 Å². The number of fused-ring (bicyclic) bond motifs is 1. The largest absolute Gasteiger partial charge is 0.467 e. The molecule has 5 aliphatic rings. The third-order valence-corrected chi connectivity index (χ3v) is 11.1. The number of nitrogens with zero attached hydrogens (tertiary/aromatic N) is 1. The molecule has 0 spiro atoms. The van der Waals surface area contributed by atoms with Crippen molar-refractivity contribution in [2.45, 2.75) is 75.5 Å². The van der Waals surface area contributed by atoms with E-state index in [0.29, 0.717) is 29.8 Å². The number of para-hydroxylation sites is 1. The number of rotatable bonds is 7. The second-order valence-electron chi connectivity index (χ2n) is 13.8. The number of hydrogen-bond donors (Lipinski definition) is 2. The molecule has 2 heterocycles. The summed E-state index contributed by atoms with van der Waals surface area (Å²) in [5.74, 6) is 1.42. The number of alkyl carbamates (subject to hydrolysis) is 1. The fourth-order valence-electron chi connectivity index (χ4n) is 8.99. The number of esters is 1. The second kappa shape index (κ2) is 11.4. The number of likely N-dealkylation sites (tertiary alicyclic amines) is 1. The number of methoxy groups -OCH3 is 1. The highest BCUT2D eigenvalue weighted by Crippen LogP contribution is 2.54. The molecule has 1 aliphatic heterocycles. The van der Waals surface area contributed by atoms with Crippen molar-refractivity contribution in [3.8, 4) is 0 Å². The van der Waals surface area contributed by atoms with Crippen molar-refractivity contribution < 1.29 is 23.9 Å². The van der Waals surface area contributed by atoms with Crippen molar-refractivity contribution in [3.05, 3.63) is 70.9 Å². The molecular formula is C35H40ClN3O5. The highest BCUT2D eigenvalue weighted by molar-refractivity contribution is 6.30. The molecule has 8 rings (SSSR count). The molecule has 44 heavy (non-hydrogen) atoms. The molecule has 3 atom stereocenters. The monoisotopic (exact) mass is 617 g/mol. The van der Waals surface area contributed by atoms with Crippen molar-refractivity contribution in [3.63, 3.8) is 0 Å². The van der Waals surface area contributed by atoms with Gasteiger partial charge in [0.1, 0.15) is 17.7 Å². The van der Waals surface area contributed by atoms with Gasteiger partial charge in [-0.2, -0.15) is 0 Å². The van der Waals surface area contributed by atoms with Gasteiger partial charge in [-0.05, 0) is 98.4 Å². The van der Waals surface area contributed by atoms with Crippen molar-refractivity contribution in [1.29, 1.82) is 0 Å². The highest BCUT2D eigenvalue weighted by Gasteiger charge is 2.51. The minimum atomic E-state index is -1.38. The summed E-state index contributed by atoms with van der Waals surface area (Å²) < 4.78 is 11.4. The van der Waals surface area contributed by atoms with Crippen molar-refractivity contribution in [1.82, 2.24) is 15.2 Å². The number of carbonyl (C=O) groups excluding carboxylic acids is 3. The van der Waals surface area contributed by atoms with Crippen LogP contribution in [0.1, 0.15) is 62.5 Å². The Labute approximate surface area is 262 Å². The number of ether oxygens (including phenoxy) is 2. The van der Waals surface area contributed by atoms with E-state index in [2.05, 4.69) is 10.3 Å². The van der Waals surface area contributed by atoms with Crippen LogP contribution in [0.25, 0.3) is 10.9 Å². The molecule has 4 aliphatic carbocycles. The predicted octanol–water partition coefficient (Wildman–Crippen LogP) is 6.23. The maximum Gasteiger partial charge on any atom is 0.408 e. The summed E-state index contributed by atoms with van der Waals surface area (Å²) >= 11 is 6.13. The molecule has 3 aromatic rings. The Hall–Kier alpha value is -3.52. The lowest BCUT2D eigenvalue weighted by molar-refractivity contribution is -0.153. The Kier molecular flexibility index (Phi) is 7.59. The van der Waals surface area contributed by atoms with Crippen LogP contribution >= 0.6 is 11.6 Å². The maximum atomic E-state index is 14.7. The summed E-state index contributed by atoms with van der Waals surface area (Å²) in [4.78, 5) is 46.3. The normalized spacial score (nSPS) is 30.2. The maximum absolute atomic E-state index is 14.7. The van der Waals surface area contributed by atoms with Gasteiger partial charge in [0, 0.05) is 41.0 Å². The van der Waals surface area contributed by atoms with Gasteiger partial charge in [0.15, 0.2) is 0 Å². The first-order valence-corrected chi connectivity index (χ1v) is 16.3. The Balaban J connectivity index is 1.17. The molecule has 1 aromatic heterocycles. The Bertz CT molecular complexity index is 1540. The first kappa shape index (κ1) is 29.2. The van der Waals surface area contributed by atoms with Gasteiger partial charge in [-0.1, -0.05) is 41.9 Å². The molecule has 0 radical (unpaired) electrons. The topological polar surface area (TPSA) is 101 Å². The van der Waals surface area contributed by atoms with Gasteiger partial charge in [0.2, 0.25) is 5.91 Å². The van der Waals surface area contributed by atoms with Gasteiger partial charge in [-0.3, -0.25) is 4.79 Å². The predicted molar refractivity (Wildman–Crippen MR) is 167 cm³/mol. The summed E-state index contributed by atoms with van der Waals surface area (Å²) in [6, 6.07) is 14.6. The molecule has 2 aromatic carbocycles. The zero-order valence-corrected chi connectivity index (χ0v) is 26.0. The van der Waals surface area contributed by atoms with E-state index >= 15 is 0 Å². The van der Waals surface area contributed by atoms with E-state index in [0.717, 1.165) is 59.5 Å². The first-order valence-electron chi connectivity index (χ1n) is 15.9. The van der Waals surface area contributed by atoms with Crippen LogP contribution in [0.5, 0.6) is 0 Å². The lowest BCUT2D eigenvalue weighted by Crippen LogP contribution is -2.61. The number of carbonyl (C=O) groups is 3. The van der Waals surface area contributed by atoms with E-state index in [-0.39, 0.29) is 24.3 Å². The lowest BCUT2D eigenvalue weighted by Gasteiger charge is -2.53. The number of H-pyrrole nitrogens is 1. The third-order valence-electron chi connectivity index (χ3n) is 10.8. The average Bonchev–Trinajstić information content (AvgIpc) is 3.63. The zero-order valence-electron chi connectivity index (χ0n) is 25.3. The minimum Gasteiger partial charge on any atom is -0.467 e. The van der Waals surface area contributed by atoms with E-state index in [9.17, 15) is 14.4 Å². The van der Waals surface area contributed by atoms with Crippen LogP contribution in [-0.4, -0.2) is 59.2 Å². The van der Waals surface area contributed by atoms with E-state index in [4.69, 9.17) is 21.1 Å². The molecule has 8 nitrogen and oxygen atoms in total. The quantitative estimate of drug-likeness (QED) is 0.306. The second-order valence-corrected chi connectivity index (χ2v) is 14.2. The van der Waals surface area contributed by atoms with Crippen LogP contribution in [0.3, 0.4) is 0 Å². The molecule has 232 valence electrons. The molecule has 2 N–H and O–H groups in total. The Morgan fingerprint density at radius 3 is 2.34 bits per heavy atom. The number of amides is 2. The van der Waals surface area contributed by atoms with E-state index < -0.39 is 23.6 Å². The van der Waals surface area contributed by atoms with Crippen LogP contribution in [0.4, 0.5) is 4.79 Å². The standard InChI is InChI=1S/C35H40ClN3O5/c1-35(17-26-18-37-29-6-4-3-5-28(26)29,38-34(42)44-31-23-12-20-11-21(14-23)15-24(31)13-20)33(41)39-19-25(16-30(39)32(40)43-2)22-7-9-27(36)10-8-22/h3-10,18,20-21,23-25,30-31,37H,11-17,19H2,1-2H3,(H,38,42)/t20?,21?,23?,24?,25-,30-,31?,35-/m1/s1. The molecule has 0 unspecified atom stereocenters. The molecule has 2 amide bonds. The number of hydrogen-bond acceptors (Lipinski definition) is 5. The first-order chi connectivity index (χ1) is 21.2. The molecule has 1 saturated heterocycles. The summed E-state index contributed by atoms with van der Waals surface area (Å²) in [5, 5.41) is 4.64. The van der Waals surface area contributed by atoms with Gasteiger partial charge in [0.05, 0.1) is 7.11 Å². The van der Waals surface area contributed by atoms with Gasteiger partial charge in [0.25, 0.3) is 0 Å². The Morgan fingerprint density at radius 1 is 0.977 bits per heavy atom. The SMILES string of the molecule is COC(=O)[C@H]1C[C@@H](c2ccc(Cl)cc2)CN1C(=O)[C@@](C)(Cc1c[nH]c2ccccc12)NC(=O)OC1C2CC3CC(C2)CC1C3. The Morgan fingerprint density at radius 2 is 1.66 bits per heavy atom. The molecule has 4 saturated carbocycles. The lowest BCUT2D eigenvalue weighted by atomic mass is 9.55. The number of benzene rings is 2. The van der Waals surface area contributed by atoms with Gasteiger partial charge >= 0.3 is 12.1 Å². The number of halogens is 1. The van der Waals surface area contributed by atoms with Crippen molar-refractivity contribution >= 4 is 40.5 Å². The van der Waals surface area contributed by atoms with Crippen molar-refractivity contribution in [2.24, 2.45) is 23.7 Å². The van der Waals surface area contributed by atoms with Crippen LogP contribution in [0.2, 0.25) is 5.02 Å². The van der Waals surface area contributed by atoms with Crippen LogP contribution < -0.4 is 5.32 Å². The molecule has 4 bridgehead atoms. The number of aromatic nitrogens is 1. The molecule has 5 fully saturated rings. The third kappa shape index (κ3) is 5.35. The smallest absolute Gasteiger partial charge is 0.408 e. The summed E-state index contributed by atoms with van der Waals surface area (Å²) in [6.45, 7) is 2.06. The van der Waals surface area contributed by atoms with Gasteiger partial charge < -0.3 is 24.7 Å². The van der Waals surface area contributed by atoms with Crippen molar-refractivity contribution in [2.75, 3.05) is 13.7 Å². The number of aromatic amines is 1. The van der Waals surface area contributed by atoms with Gasteiger partial charge in [-0.15, -0.1) is 0 Å². The van der Waals surface area contributed by atoms with Crippen LogP contribution in [-0.2, 0) is 25.5 Å². The zero-order chi connectivity index (χ0) is 30.6. The van der Waals surface area contributed by atoms with Gasteiger partial charge in [-0.25, -0.2) is 9.59 Å². The summed E-state index contributed by atoms with van der Waals surface area (Å²) in [6.07, 6.45) is 7.66.